The number of hydrogen-bond donors (Lipinski definition) is 1. The number of anilines is 2. The van der Waals surface area contributed by atoms with Crippen LogP contribution in [0.5, 0.6) is 5.75 Å². The second-order valence-corrected chi connectivity index (χ2v) is 6.80. The summed E-state index contributed by atoms with van der Waals surface area (Å²) in [6, 6.07) is 18.4. The van der Waals surface area contributed by atoms with E-state index in [2.05, 4.69) is 10.3 Å². The van der Waals surface area contributed by atoms with E-state index in [1.54, 1.807) is 41.6 Å². The lowest BCUT2D eigenvalue weighted by atomic mass is 10.00. The van der Waals surface area contributed by atoms with E-state index in [0.29, 0.717) is 23.5 Å². The maximum absolute atomic E-state index is 12.9. The molecule has 2 aromatic carbocycles. The summed E-state index contributed by atoms with van der Waals surface area (Å²) >= 11 is 0. The minimum Gasteiger partial charge on any atom is -0.484 e. The number of aromatic nitrogens is 1. The van der Waals surface area contributed by atoms with Gasteiger partial charge in [0.25, 0.3) is 11.8 Å². The molecular weight excluding hydrogens is 366 g/mol. The second-order valence-electron chi connectivity index (χ2n) is 6.80. The van der Waals surface area contributed by atoms with Crippen LogP contribution in [0.1, 0.15) is 22.3 Å². The van der Waals surface area contributed by atoms with Gasteiger partial charge in [0.1, 0.15) is 5.75 Å². The number of para-hydroxylation sites is 1. The zero-order chi connectivity index (χ0) is 20.1. The van der Waals surface area contributed by atoms with E-state index >= 15 is 0 Å². The van der Waals surface area contributed by atoms with Crippen molar-refractivity contribution < 1.29 is 14.3 Å². The minimum atomic E-state index is -0.255. The number of fused-ring (bicyclic) bond motifs is 1. The largest absolute Gasteiger partial charge is 0.484 e. The number of pyridine rings is 1. The van der Waals surface area contributed by atoms with E-state index in [0.717, 1.165) is 24.1 Å². The lowest BCUT2D eigenvalue weighted by Gasteiger charge is -2.30. The Kier molecular flexibility index (Phi) is 5.52. The highest BCUT2D eigenvalue weighted by Gasteiger charge is 2.24. The Balaban J connectivity index is 1.48. The van der Waals surface area contributed by atoms with Gasteiger partial charge < -0.3 is 15.0 Å². The van der Waals surface area contributed by atoms with Crippen LogP contribution in [0.25, 0.3) is 0 Å². The summed E-state index contributed by atoms with van der Waals surface area (Å²) in [5.41, 5.74) is 3.10. The van der Waals surface area contributed by atoms with Crippen molar-refractivity contribution in [3.05, 3.63) is 84.2 Å². The number of ether oxygens (including phenoxy) is 1. The van der Waals surface area contributed by atoms with Crippen molar-refractivity contribution in [2.75, 3.05) is 23.4 Å². The molecule has 2 amide bonds. The third kappa shape index (κ3) is 4.43. The normalized spacial score (nSPS) is 12.8. The highest BCUT2D eigenvalue weighted by Crippen LogP contribution is 2.31. The van der Waals surface area contributed by atoms with Gasteiger partial charge in [0.2, 0.25) is 0 Å². The molecule has 1 aliphatic rings. The van der Waals surface area contributed by atoms with Crippen LogP contribution < -0.4 is 15.0 Å². The molecule has 1 aromatic heterocycles. The Morgan fingerprint density at radius 3 is 2.72 bits per heavy atom. The number of hydrogen-bond acceptors (Lipinski definition) is 4. The SMILES string of the molecule is O=C(COc1ccccc1)Nc1ccc2c(c1)N(C(=O)c1cccnc1)CCC2. The minimum absolute atomic E-state index is 0.0839. The van der Waals surface area contributed by atoms with Crippen LogP contribution in [-0.4, -0.2) is 29.9 Å². The zero-order valence-corrected chi connectivity index (χ0v) is 15.9. The maximum atomic E-state index is 12.9. The summed E-state index contributed by atoms with van der Waals surface area (Å²) in [5, 5.41) is 2.85. The molecule has 1 aliphatic heterocycles. The smallest absolute Gasteiger partial charge is 0.262 e. The number of carbonyl (C=O) groups excluding carboxylic acids is 2. The predicted molar refractivity (Wildman–Crippen MR) is 111 cm³/mol. The molecular formula is C23H21N3O3. The van der Waals surface area contributed by atoms with E-state index < -0.39 is 0 Å². The van der Waals surface area contributed by atoms with Crippen molar-refractivity contribution in [2.24, 2.45) is 0 Å². The summed E-state index contributed by atoms with van der Waals surface area (Å²) in [5.74, 6) is 0.297. The van der Waals surface area contributed by atoms with Crippen LogP contribution >= 0.6 is 0 Å². The molecule has 0 saturated heterocycles. The average Bonchev–Trinajstić information content (AvgIpc) is 2.78. The number of amides is 2. The van der Waals surface area contributed by atoms with Gasteiger partial charge in [0.15, 0.2) is 6.61 Å². The van der Waals surface area contributed by atoms with Crippen molar-refractivity contribution in [1.29, 1.82) is 0 Å². The molecule has 0 saturated carbocycles. The van der Waals surface area contributed by atoms with E-state index in [-0.39, 0.29) is 18.4 Å². The van der Waals surface area contributed by atoms with E-state index in [1.165, 1.54) is 0 Å². The van der Waals surface area contributed by atoms with Gasteiger partial charge in [-0.25, -0.2) is 0 Å². The molecule has 2 heterocycles. The fraction of sp³-hybridized carbons (Fsp3) is 0.174. The number of aryl methyl sites for hydroxylation is 1. The fourth-order valence-corrected chi connectivity index (χ4v) is 3.37. The van der Waals surface area contributed by atoms with Crippen LogP contribution in [-0.2, 0) is 11.2 Å². The molecule has 3 aromatic rings. The number of nitrogens with one attached hydrogen (secondary N) is 1. The Labute approximate surface area is 169 Å². The first kappa shape index (κ1) is 18.7. The van der Waals surface area contributed by atoms with E-state index in [4.69, 9.17) is 4.74 Å². The Bertz CT molecular complexity index is 1010. The number of nitrogens with zero attached hydrogens (tertiary/aromatic N) is 2. The first-order valence-corrected chi connectivity index (χ1v) is 9.53. The van der Waals surface area contributed by atoms with Crippen molar-refractivity contribution >= 4 is 23.2 Å². The van der Waals surface area contributed by atoms with Crippen LogP contribution in [0.2, 0.25) is 0 Å². The van der Waals surface area contributed by atoms with Gasteiger partial charge in [-0.2, -0.15) is 0 Å². The molecule has 0 radical (unpaired) electrons. The molecule has 0 fully saturated rings. The maximum Gasteiger partial charge on any atom is 0.262 e. The highest BCUT2D eigenvalue weighted by atomic mass is 16.5. The Morgan fingerprint density at radius 2 is 1.93 bits per heavy atom. The molecule has 6 heteroatoms. The monoisotopic (exact) mass is 387 g/mol. The van der Waals surface area contributed by atoms with Gasteiger partial charge in [0, 0.05) is 30.3 Å². The van der Waals surface area contributed by atoms with Gasteiger partial charge >= 0.3 is 0 Å². The van der Waals surface area contributed by atoms with Gasteiger partial charge in [-0.3, -0.25) is 14.6 Å². The molecule has 0 aliphatic carbocycles. The fourth-order valence-electron chi connectivity index (χ4n) is 3.37. The van der Waals surface area contributed by atoms with Crippen molar-refractivity contribution in [1.82, 2.24) is 4.98 Å². The van der Waals surface area contributed by atoms with Crippen molar-refractivity contribution in [3.63, 3.8) is 0 Å². The first-order chi connectivity index (χ1) is 14.2. The van der Waals surface area contributed by atoms with Crippen LogP contribution in [0, 0.1) is 0 Å². The second kappa shape index (κ2) is 8.56. The summed E-state index contributed by atoms with van der Waals surface area (Å²) in [6.07, 6.45) is 5.02. The quantitative estimate of drug-likeness (QED) is 0.725. The molecule has 29 heavy (non-hydrogen) atoms. The zero-order valence-electron chi connectivity index (χ0n) is 15.9. The Morgan fingerprint density at radius 1 is 1.07 bits per heavy atom. The topological polar surface area (TPSA) is 71.5 Å². The van der Waals surface area contributed by atoms with Crippen LogP contribution in [0.4, 0.5) is 11.4 Å². The highest BCUT2D eigenvalue weighted by molar-refractivity contribution is 6.07. The van der Waals surface area contributed by atoms with Gasteiger partial charge in [-0.1, -0.05) is 24.3 Å². The predicted octanol–water partition coefficient (Wildman–Crippen LogP) is 3.69. The lowest BCUT2D eigenvalue weighted by molar-refractivity contribution is -0.118. The van der Waals surface area contributed by atoms with Gasteiger partial charge in [0.05, 0.1) is 5.56 Å². The summed E-state index contributed by atoms with van der Waals surface area (Å²) < 4.78 is 5.49. The number of benzene rings is 2. The third-order valence-corrected chi connectivity index (χ3v) is 4.75. The molecule has 1 N–H and O–H groups in total. The van der Waals surface area contributed by atoms with Gasteiger partial charge in [-0.05, 0) is 54.8 Å². The molecule has 0 spiro atoms. The summed E-state index contributed by atoms with van der Waals surface area (Å²) in [6.45, 7) is 0.550. The van der Waals surface area contributed by atoms with Crippen LogP contribution in [0.3, 0.4) is 0 Å². The van der Waals surface area contributed by atoms with E-state index in [1.807, 2.05) is 36.4 Å². The number of carbonyl (C=O) groups is 2. The van der Waals surface area contributed by atoms with Gasteiger partial charge in [-0.15, -0.1) is 0 Å². The molecule has 0 bridgehead atoms. The van der Waals surface area contributed by atoms with E-state index in [9.17, 15) is 9.59 Å². The standard InChI is InChI=1S/C23H21N3O3/c27-22(16-29-20-8-2-1-3-9-20)25-19-11-10-17-7-5-13-26(21(17)14-19)23(28)18-6-4-12-24-15-18/h1-4,6,8-12,14-15H,5,7,13,16H2,(H,25,27). The molecule has 4 rings (SSSR count). The lowest BCUT2D eigenvalue weighted by Crippen LogP contribution is -2.35. The molecule has 0 atom stereocenters. The van der Waals surface area contributed by atoms with Crippen molar-refractivity contribution in [3.8, 4) is 5.75 Å². The molecule has 146 valence electrons. The number of rotatable bonds is 5. The first-order valence-electron chi connectivity index (χ1n) is 9.53. The molecule has 0 unspecified atom stereocenters. The Hall–Kier alpha value is -3.67. The van der Waals surface area contributed by atoms with Crippen molar-refractivity contribution in [2.45, 2.75) is 12.8 Å². The molecule has 6 nitrogen and oxygen atoms in total. The summed E-state index contributed by atoms with van der Waals surface area (Å²) in [7, 11) is 0. The summed E-state index contributed by atoms with van der Waals surface area (Å²) in [4.78, 5) is 31.0. The van der Waals surface area contributed by atoms with Crippen LogP contribution in [0.15, 0.2) is 73.1 Å². The third-order valence-electron chi connectivity index (χ3n) is 4.75. The average molecular weight is 387 g/mol.